The summed E-state index contributed by atoms with van der Waals surface area (Å²) >= 11 is 0. The lowest BCUT2D eigenvalue weighted by Crippen LogP contribution is -2.31. The number of benzene rings is 1. The molecular formula is C15H21NO5. The minimum atomic E-state index is -0.916. The first kappa shape index (κ1) is 16.8. The number of nitrogens with one attached hydrogen (secondary N) is 1. The second-order valence-electron chi connectivity index (χ2n) is 5.47. The molecule has 0 aliphatic heterocycles. The predicted molar refractivity (Wildman–Crippen MR) is 77.3 cm³/mol. The summed E-state index contributed by atoms with van der Waals surface area (Å²) in [5, 5.41) is 30.6. The van der Waals surface area contributed by atoms with E-state index in [0.29, 0.717) is 12.3 Å². The van der Waals surface area contributed by atoms with Crippen molar-refractivity contribution in [3.63, 3.8) is 0 Å². The Morgan fingerprint density at radius 2 is 1.76 bits per heavy atom. The molecule has 0 aliphatic rings. The molecule has 0 heterocycles. The van der Waals surface area contributed by atoms with Crippen molar-refractivity contribution in [2.75, 3.05) is 6.54 Å². The maximum Gasteiger partial charge on any atom is 0.303 e. The number of rotatable bonds is 7. The van der Waals surface area contributed by atoms with E-state index >= 15 is 0 Å². The average molecular weight is 295 g/mol. The molecule has 1 amide bonds. The Bertz CT molecular complexity index is 493. The molecule has 0 saturated carbocycles. The van der Waals surface area contributed by atoms with E-state index in [4.69, 9.17) is 5.11 Å². The molecule has 0 aliphatic carbocycles. The summed E-state index contributed by atoms with van der Waals surface area (Å²) in [6.07, 6.45) is 0.630. The molecule has 1 rings (SSSR count). The van der Waals surface area contributed by atoms with Crippen LogP contribution >= 0.6 is 0 Å². The number of hydrogen-bond donors (Lipinski definition) is 4. The molecule has 0 radical (unpaired) electrons. The minimum Gasteiger partial charge on any atom is -0.507 e. The molecule has 6 nitrogen and oxygen atoms in total. The smallest absolute Gasteiger partial charge is 0.303 e. The number of carboxylic acid groups (broad SMARTS) is 1. The summed E-state index contributed by atoms with van der Waals surface area (Å²) in [5.41, 5.74) is -0.198. The van der Waals surface area contributed by atoms with Crippen LogP contribution in [0.3, 0.4) is 0 Å². The molecule has 0 aromatic heterocycles. The Labute approximate surface area is 123 Å². The lowest BCUT2D eigenvalue weighted by molar-refractivity contribution is -0.138. The maximum atomic E-state index is 12.0. The molecule has 1 aromatic rings. The van der Waals surface area contributed by atoms with E-state index in [1.165, 1.54) is 18.2 Å². The fourth-order valence-corrected chi connectivity index (χ4v) is 2.24. The zero-order valence-corrected chi connectivity index (χ0v) is 12.2. The Balaban J connectivity index is 2.70. The Hall–Kier alpha value is -2.24. The third-order valence-corrected chi connectivity index (χ3v) is 3.07. The highest BCUT2D eigenvalue weighted by atomic mass is 16.4. The van der Waals surface area contributed by atoms with Crippen molar-refractivity contribution in [3.8, 4) is 11.5 Å². The zero-order chi connectivity index (χ0) is 16.0. The predicted octanol–water partition coefficient (Wildman–Crippen LogP) is 1.96. The van der Waals surface area contributed by atoms with E-state index in [1.54, 1.807) is 0 Å². The quantitative estimate of drug-likeness (QED) is 0.615. The summed E-state index contributed by atoms with van der Waals surface area (Å²) in [6.45, 7) is 4.13. The van der Waals surface area contributed by atoms with E-state index in [1.807, 2.05) is 13.8 Å². The van der Waals surface area contributed by atoms with Crippen LogP contribution in [-0.2, 0) is 4.79 Å². The molecule has 21 heavy (non-hydrogen) atoms. The van der Waals surface area contributed by atoms with Gasteiger partial charge in [-0.1, -0.05) is 19.9 Å². The van der Waals surface area contributed by atoms with Gasteiger partial charge in [0.15, 0.2) is 0 Å². The number of carbonyl (C=O) groups excluding carboxylic acids is 1. The van der Waals surface area contributed by atoms with Crippen LogP contribution in [-0.4, -0.2) is 33.7 Å². The molecule has 1 atom stereocenters. The van der Waals surface area contributed by atoms with Gasteiger partial charge in [-0.05, 0) is 30.4 Å². The van der Waals surface area contributed by atoms with Gasteiger partial charge in [0.25, 0.3) is 5.91 Å². The number of hydrogen-bond acceptors (Lipinski definition) is 4. The maximum absolute atomic E-state index is 12.0. The molecule has 1 aromatic carbocycles. The Morgan fingerprint density at radius 3 is 2.24 bits per heavy atom. The zero-order valence-electron chi connectivity index (χ0n) is 12.2. The summed E-state index contributed by atoms with van der Waals surface area (Å²) in [4.78, 5) is 22.8. The van der Waals surface area contributed by atoms with Gasteiger partial charge in [0.2, 0.25) is 0 Å². The van der Waals surface area contributed by atoms with E-state index in [-0.39, 0.29) is 35.9 Å². The van der Waals surface area contributed by atoms with Gasteiger partial charge in [-0.25, -0.2) is 0 Å². The highest BCUT2D eigenvalue weighted by Crippen LogP contribution is 2.26. The Morgan fingerprint density at radius 1 is 1.19 bits per heavy atom. The van der Waals surface area contributed by atoms with Crippen LogP contribution in [0.15, 0.2) is 18.2 Å². The molecule has 0 saturated heterocycles. The number of amides is 1. The molecule has 0 fully saturated rings. The number of phenolic OH excluding ortho intramolecular Hbond substituents is 2. The van der Waals surface area contributed by atoms with Gasteiger partial charge < -0.3 is 20.6 Å². The first-order valence-corrected chi connectivity index (χ1v) is 6.82. The van der Waals surface area contributed by atoms with Crippen molar-refractivity contribution >= 4 is 11.9 Å². The fourth-order valence-electron chi connectivity index (χ4n) is 2.24. The van der Waals surface area contributed by atoms with Gasteiger partial charge in [-0.2, -0.15) is 0 Å². The fraction of sp³-hybridized carbons (Fsp3) is 0.467. The van der Waals surface area contributed by atoms with E-state index in [9.17, 15) is 19.8 Å². The first-order chi connectivity index (χ1) is 9.81. The average Bonchev–Trinajstić information content (AvgIpc) is 2.34. The van der Waals surface area contributed by atoms with Crippen LogP contribution in [0.25, 0.3) is 0 Å². The van der Waals surface area contributed by atoms with E-state index < -0.39 is 11.9 Å². The van der Waals surface area contributed by atoms with Crippen LogP contribution in [0.4, 0.5) is 0 Å². The number of aliphatic carboxylic acids is 1. The van der Waals surface area contributed by atoms with Gasteiger partial charge >= 0.3 is 5.97 Å². The molecular weight excluding hydrogens is 274 g/mol. The highest BCUT2D eigenvalue weighted by Gasteiger charge is 2.19. The first-order valence-electron chi connectivity index (χ1n) is 6.82. The van der Waals surface area contributed by atoms with Crippen LogP contribution in [0, 0.1) is 11.8 Å². The highest BCUT2D eigenvalue weighted by molar-refractivity contribution is 5.99. The monoisotopic (exact) mass is 295 g/mol. The summed E-state index contributed by atoms with van der Waals surface area (Å²) in [7, 11) is 0. The van der Waals surface area contributed by atoms with Crippen molar-refractivity contribution in [1.29, 1.82) is 0 Å². The number of carbonyl (C=O) groups is 2. The van der Waals surface area contributed by atoms with Crippen LogP contribution in [0.5, 0.6) is 11.5 Å². The summed E-state index contributed by atoms with van der Waals surface area (Å²) < 4.78 is 0. The SMILES string of the molecule is CC(C)C[C@H](CNC(=O)c1c(O)cccc1O)CC(=O)O. The third kappa shape index (κ3) is 5.33. The molecule has 116 valence electrons. The van der Waals surface area contributed by atoms with Gasteiger partial charge in [0.05, 0.1) is 0 Å². The van der Waals surface area contributed by atoms with E-state index in [2.05, 4.69) is 5.32 Å². The van der Waals surface area contributed by atoms with Gasteiger partial charge in [0.1, 0.15) is 17.1 Å². The second kappa shape index (κ2) is 7.52. The largest absolute Gasteiger partial charge is 0.507 e. The Kier molecular flexibility index (Phi) is 6.02. The van der Waals surface area contributed by atoms with Crippen LogP contribution in [0.2, 0.25) is 0 Å². The standard InChI is InChI=1S/C15H21NO5/c1-9(2)6-10(7-13(19)20)8-16-15(21)14-11(17)4-3-5-12(14)18/h3-5,9-10,17-18H,6-8H2,1-2H3,(H,16,21)(H,19,20)/t10-/m0/s1. The van der Waals surface area contributed by atoms with Crippen molar-refractivity contribution in [2.45, 2.75) is 26.7 Å². The van der Waals surface area contributed by atoms with E-state index in [0.717, 1.165) is 0 Å². The number of carboxylic acids is 1. The molecule has 0 spiro atoms. The normalized spacial score (nSPS) is 12.1. The molecule has 4 N–H and O–H groups in total. The van der Waals surface area contributed by atoms with Crippen molar-refractivity contribution in [3.05, 3.63) is 23.8 Å². The number of phenols is 2. The lowest BCUT2D eigenvalue weighted by Gasteiger charge is -2.18. The van der Waals surface area contributed by atoms with Crippen LogP contribution in [0.1, 0.15) is 37.0 Å². The summed E-state index contributed by atoms with van der Waals surface area (Å²) in [6, 6.07) is 4.03. The summed E-state index contributed by atoms with van der Waals surface area (Å²) in [5.74, 6) is -2.05. The molecule has 6 heteroatoms. The van der Waals surface area contributed by atoms with Gasteiger partial charge in [0, 0.05) is 13.0 Å². The third-order valence-electron chi connectivity index (χ3n) is 3.07. The minimum absolute atomic E-state index is 0.0365. The lowest BCUT2D eigenvalue weighted by atomic mass is 9.94. The van der Waals surface area contributed by atoms with Gasteiger partial charge in [-0.3, -0.25) is 9.59 Å². The van der Waals surface area contributed by atoms with Gasteiger partial charge in [-0.15, -0.1) is 0 Å². The van der Waals surface area contributed by atoms with Crippen molar-refractivity contribution in [1.82, 2.24) is 5.32 Å². The molecule has 0 unspecified atom stereocenters. The second-order valence-corrected chi connectivity index (χ2v) is 5.47. The molecule has 0 bridgehead atoms. The topological polar surface area (TPSA) is 107 Å². The number of aromatic hydroxyl groups is 2. The van der Waals surface area contributed by atoms with Crippen molar-refractivity contribution in [2.24, 2.45) is 11.8 Å². The van der Waals surface area contributed by atoms with Crippen LogP contribution < -0.4 is 5.32 Å². The van der Waals surface area contributed by atoms with Crippen molar-refractivity contribution < 1.29 is 24.9 Å².